The van der Waals surface area contributed by atoms with E-state index < -0.39 is 25.5 Å². The Balaban J connectivity index is 1.72. The first kappa shape index (κ1) is 18.6. The highest BCUT2D eigenvalue weighted by Gasteiger charge is 2.38. The molecule has 0 saturated carbocycles. The highest BCUT2D eigenvalue weighted by molar-refractivity contribution is 7.93. The standard InChI is InChI=1S/C15H23N3O5S2/c19-24(20,16-14-5-2-1-3-6-14)15-7-4-8-18(13-15)25(21,22)17-9-11-23-12-10-17/h1-3,5-6,15-16H,4,7-13H2/t15-/m1/s1. The first-order valence-corrected chi connectivity index (χ1v) is 11.2. The van der Waals surface area contributed by atoms with Crippen molar-refractivity contribution >= 4 is 25.9 Å². The van der Waals surface area contributed by atoms with Gasteiger partial charge in [0, 0.05) is 31.9 Å². The minimum atomic E-state index is -3.66. The quantitative estimate of drug-likeness (QED) is 0.790. The first-order valence-electron chi connectivity index (χ1n) is 8.29. The van der Waals surface area contributed by atoms with Crippen LogP contribution in [0.1, 0.15) is 12.8 Å². The number of hydrogen-bond acceptors (Lipinski definition) is 5. The number of piperidine rings is 1. The van der Waals surface area contributed by atoms with Gasteiger partial charge in [-0.3, -0.25) is 4.72 Å². The maximum absolute atomic E-state index is 12.8. The average Bonchev–Trinajstić information content (AvgIpc) is 2.63. The van der Waals surface area contributed by atoms with Crippen LogP contribution in [0, 0.1) is 0 Å². The second-order valence-electron chi connectivity index (χ2n) is 6.15. The van der Waals surface area contributed by atoms with Crippen LogP contribution in [0.25, 0.3) is 0 Å². The van der Waals surface area contributed by atoms with Crippen molar-refractivity contribution in [3.05, 3.63) is 30.3 Å². The van der Waals surface area contributed by atoms with E-state index in [2.05, 4.69) is 4.72 Å². The van der Waals surface area contributed by atoms with Gasteiger partial charge in [0.25, 0.3) is 10.2 Å². The summed E-state index contributed by atoms with van der Waals surface area (Å²) in [6.07, 6.45) is 0.960. The van der Waals surface area contributed by atoms with Crippen LogP contribution < -0.4 is 4.72 Å². The van der Waals surface area contributed by atoms with Crippen molar-refractivity contribution in [2.75, 3.05) is 44.1 Å². The van der Waals surface area contributed by atoms with E-state index in [1.165, 1.54) is 8.61 Å². The molecule has 0 aliphatic carbocycles. The number of benzene rings is 1. The minimum absolute atomic E-state index is 0.0259. The Morgan fingerprint density at radius 1 is 0.960 bits per heavy atom. The Bertz CT molecular complexity index is 777. The topological polar surface area (TPSA) is 96.0 Å². The summed E-state index contributed by atoms with van der Waals surface area (Å²) in [6.45, 7) is 1.66. The fraction of sp³-hybridized carbons (Fsp3) is 0.600. The molecule has 0 amide bonds. The number of morpholine rings is 1. The lowest BCUT2D eigenvalue weighted by atomic mass is 10.2. The largest absolute Gasteiger partial charge is 0.379 e. The van der Waals surface area contributed by atoms with Gasteiger partial charge in [-0.15, -0.1) is 0 Å². The highest BCUT2D eigenvalue weighted by atomic mass is 32.2. The van der Waals surface area contributed by atoms with Gasteiger partial charge in [0.1, 0.15) is 0 Å². The molecule has 8 nitrogen and oxygen atoms in total. The van der Waals surface area contributed by atoms with Gasteiger partial charge in [-0.2, -0.15) is 17.0 Å². The van der Waals surface area contributed by atoms with Gasteiger partial charge in [-0.1, -0.05) is 18.2 Å². The third kappa shape index (κ3) is 4.32. The van der Waals surface area contributed by atoms with Gasteiger partial charge in [-0.05, 0) is 25.0 Å². The molecule has 0 unspecified atom stereocenters. The molecule has 0 radical (unpaired) electrons. The van der Waals surface area contributed by atoms with Crippen molar-refractivity contribution in [2.24, 2.45) is 0 Å². The zero-order valence-electron chi connectivity index (χ0n) is 13.9. The molecule has 2 aliphatic heterocycles. The molecular formula is C15H23N3O5S2. The van der Waals surface area contributed by atoms with Gasteiger partial charge >= 0.3 is 0 Å². The van der Waals surface area contributed by atoms with Crippen LogP contribution in [0.5, 0.6) is 0 Å². The number of hydrogen-bond donors (Lipinski definition) is 1. The smallest absolute Gasteiger partial charge is 0.282 e. The van der Waals surface area contributed by atoms with E-state index in [9.17, 15) is 16.8 Å². The predicted molar refractivity (Wildman–Crippen MR) is 94.9 cm³/mol. The van der Waals surface area contributed by atoms with Gasteiger partial charge in [0.05, 0.1) is 18.5 Å². The summed E-state index contributed by atoms with van der Waals surface area (Å²) >= 11 is 0. The number of ether oxygens (including phenoxy) is 1. The van der Waals surface area contributed by atoms with E-state index in [0.717, 1.165) is 0 Å². The summed E-state index contributed by atoms with van der Waals surface area (Å²) in [4.78, 5) is 0. The number of sulfonamides is 1. The van der Waals surface area contributed by atoms with E-state index >= 15 is 0 Å². The zero-order valence-corrected chi connectivity index (χ0v) is 15.5. The minimum Gasteiger partial charge on any atom is -0.379 e. The molecule has 0 aromatic heterocycles. The molecule has 3 rings (SSSR count). The lowest BCUT2D eigenvalue weighted by Crippen LogP contribution is -2.53. The van der Waals surface area contributed by atoms with Gasteiger partial charge in [0.2, 0.25) is 10.0 Å². The molecule has 2 aliphatic rings. The van der Waals surface area contributed by atoms with Crippen molar-refractivity contribution in [3.63, 3.8) is 0 Å². The molecule has 2 fully saturated rings. The summed E-state index contributed by atoms with van der Waals surface area (Å²) in [5.41, 5.74) is 0.482. The summed E-state index contributed by atoms with van der Waals surface area (Å²) in [5.74, 6) is 0. The molecule has 1 aromatic carbocycles. The number of para-hydroxylation sites is 1. The van der Waals surface area contributed by atoms with Crippen molar-refractivity contribution in [1.29, 1.82) is 0 Å². The zero-order chi connectivity index (χ0) is 17.9. The third-order valence-corrected chi connectivity index (χ3v) is 8.22. The van der Waals surface area contributed by atoms with Crippen molar-refractivity contribution in [3.8, 4) is 0 Å². The van der Waals surface area contributed by atoms with E-state index in [1.54, 1.807) is 30.3 Å². The van der Waals surface area contributed by atoms with E-state index in [0.29, 0.717) is 51.4 Å². The van der Waals surface area contributed by atoms with Crippen LogP contribution in [0.3, 0.4) is 0 Å². The number of nitrogens with zero attached hydrogens (tertiary/aromatic N) is 2. The predicted octanol–water partition coefficient (Wildman–Crippen LogP) is 0.470. The molecule has 140 valence electrons. The fourth-order valence-electron chi connectivity index (χ4n) is 3.06. The molecule has 1 aromatic rings. The molecule has 1 atom stereocenters. The van der Waals surface area contributed by atoms with Crippen LogP contribution >= 0.6 is 0 Å². The number of nitrogens with one attached hydrogen (secondary N) is 1. The van der Waals surface area contributed by atoms with E-state index in [4.69, 9.17) is 4.74 Å². The first-order chi connectivity index (χ1) is 11.9. The Morgan fingerprint density at radius 3 is 2.32 bits per heavy atom. The van der Waals surface area contributed by atoms with Crippen molar-refractivity contribution in [2.45, 2.75) is 18.1 Å². The van der Waals surface area contributed by atoms with E-state index in [-0.39, 0.29) is 6.54 Å². The molecule has 0 spiro atoms. The molecule has 25 heavy (non-hydrogen) atoms. The van der Waals surface area contributed by atoms with Crippen molar-refractivity contribution < 1.29 is 21.6 Å². The highest BCUT2D eigenvalue weighted by Crippen LogP contribution is 2.23. The summed E-state index contributed by atoms with van der Waals surface area (Å²) in [6, 6.07) is 8.63. The molecule has 1 N–H and O–H groups in total. The van der Waals surface area contributed by atoms with E-state index in [1.807, 2.05) is 0 Å². The van der Waals surface area contributed by atoms with Crippen LogP contribution in [-0.2, 0) is 25.0 Å². The Kier molecular flexibility index (Phi) is 5.64. The maximum atomic E-state index is 12.8. The second kappa shape index (κ2) is 7.58. The molecular weight excluding hydrogens is 366 g/mol. The van der Waals surface area contributed by atoms with Crippen LogP contribution in [0.4, 0.5) is 5.69 Å². The third-order valence-electron chi connectivity index (χ3n) is 4.44. The lowest BCUT2D eigenvalue weighted by molar-refractivity contribution is 0.0698. The Hall–Kier alpha value is -1.20. The fourth-order valence-corrected chi connectivity index (χ4v) is 6.31. The van der Waals surface area contributed by atoms with Crippen LogP contribution in [0.2, 0.25) is 0 Å². The lowest BCUT2D eigenvalue weighted by Gasteiger charge is -2.36. The van der Waals surface area contributed by atoms with Gasteiger partial charge in [-0.25, -0.2) is 8.42 Å². The summed E-state index contributed by atoms with van der Waals surface area (Å²) < 4.78 is 61.2. The SMILES string of the molecule is O=S(=O)(Nc1ccccc1)[C@@H]1CCCN(S(=O)(=O)N2CCOCC2)C1. The summed E-state index contributed by atoms with van der Waals surface area (Å²) in [7, 11) is -7.32. The monoisotopic (exact) mass is 389 g/mol. The Morgan fingerprint density at radius 2 is 1.64 bits per heavy atom. The molecule has 2 saturated heterocycles. The number of anilines is 1. The van der Waals surface area contributed by atoms with Gasteiger partial charge in [0.15, 0.2) is 0 Å². The summed E-state index contributed by atoms with van der Waals surface area (Å²) in [5, 5.41) is -0.766. The molecule has 2 heterocycles. The van der Waals surface area contributed by atoms with Gasteiger partial charge < -0.3 is 4.74 Å². The number of rotatable bonds is 5. The maximum Gasteiger partial charge on any atom is 0.282 e. The van der Waals surface area contributed by atoms with Crippen molar-refractivity contribution in [1.82, 2.24) is 8.61 Å². The Labute approximate surface area is 149 Å². The van der Waals surface area contributed by atoms with Crippen LogP contribution in [0.15, 0.2) is 30.3 Å². The normalized spacial score (nSPS) is 24.1. The van der Waals surface area contributed by atoms with Crippen LogP contribution in [-0.4, -0.2) is 70.1 Å². The average molecular weight is 389 g/mol. The molecule has 10 heteroatoms. The second-order valence-corrected chi connectivity index (χ2v) is 10.0. The molecule has 0 bridgehead atoms.